The summed E-state index contributed by atoms with van der Waals surface area (Å²) in [5.74, 6) is -1.31. The number of carboxylic acids is 1. The molecule has 2 N–H and O–H groups in total. The topological polar surface area (TPSA) is 75.6 Å². The first-order valence-electron chi connectivity index (χ1n) is 6.61. The Bertz CT molecular complexity index is 511. The number of carbonyl (C=O) groups excluding carboxylic acids is 1. The molecule has 1 aromatic carbocycles. The Morgan fingerprint density at radius 3 is 2.57 bits per heavy atom. The lowest BCUT2D eigenvalue weighted by Gasteiger charge is -2.21. The third-order valence-electron chi connectivity index (χ3n) is 2.63. The van der Waals surface area contributed by atoms with Gasteiger partial charge in [0.1, 0.15) is 5.60 Å². The third kappa shape index (κ3) is 6.99. The van der Waals surface area contributed by atoms with E-state index in [9.17, 15) is 9.59 Å². The molecule has 0 saturated heterocycles. The third-order valence-corrected chi connectivity index (χ3v) is 2.87. The molecule has 0 fully saturated rings. The van der Waals surface area contributed by atoms with Crippen molar-refractivity contribution < 1.29 is 19.4 Å². The number of halogens is 1. The molecule has 1 amide bonds. The van der Waals surface area contributed by atoms with Crippen LogP contribution in [0.15, 0.2) is 24.3 Å². The average Bonchev–Trinajstić information content (AvgIpc) is 2.31. The summed E-state index contributed by atoms with van der Waals surface area (Å²) in [4.78, 5) is 22.6. The molecule has 1 atom stereocenters. The van der Waals surface area contributed by atoms with Crippen molar-refractivity contribution in [3.8, 4) is 0 Å². The van der Waals surface area contributed by atoms with Crippen LogP contribution in [0.25, 0.3) is 0 Å². The van der Waals surface area contributed by atoms with E-state index >= 15 is 0 Å². The molecule has 1 aromatic rings. The predicted octanol–water partition coefficient (Wildman–Crippen LogP) is 3.42. The van der Waals surface area contributed by atoms with Gasteiger partial charge in [-0.1, -0.05) is 23.7 Å². The Labute approximate surface area is 129 Å². The van der Waals surface area contributed by atoms with Crippen LogP contribution in [-0.4, -0.2) is 29.3 Å². The lowest BCUT2D eigenvalue weighted by atomic mass is 9.96. The molecule has 1 rings (SSSR count). The van der Waals surface area contributed by atoms with E-state index in [-0.39, 0.29) is 18.9 Å². The van der Waals surface area contributed by atoms with Crippen molar-refractivity contribution in [3.63, 3.8) is 0 Å². The van der Waals surface area contributed by atoms with Crippen LogP contribution in [-0.2, 0) is 9.53 Å². The monoisotopic (exact) mass is 313 g/mol. The van der Waals surface area contributed by atoms with Crippen LogP contribution in [0.2, 0.25) is 5.02 Å². The lowest BCUT2D eigenvalue weighted by molar-refractivity contribution is -0.137. The van der Waals surface area contributed by atoms with Crippen LogP contribution in [0, 0.1) is 0 Å². The molecule has 0 saturated carbocycles. The van der Waals surface area contributed by atoms with Gasteiger partial charge in [0.2, 0.25) is 0 Å². The fraction of sp³-hybridized carbons (Fsp3) is 0.467. The molecule has 21 heavy (non-hydrogen) atoms. The number of amides is 1. The predicted molar refractivity (Wildman–Crippen MR) is 80.7 cm³/mol. The van der Waals surface area contributed by atoms with E-state index in [1.165, 1.54) is 0 Å². The Hall–Kier alpha value is -1.75. The Balaban J connectivity index is 2.71. The minimum absolute atomic E-state index is 0.101. The van der Waals surface area contributed by atoms with Gasteiger partial charge in [-0.25, -0.2) is 4.79 Å². The van der Waals surface area contributed by atoms with Crippen LogP contribution in [0.3, 0.4) is 0 Å². The van der Waals surface area contributed by atoms with Crippen LogP contribution >= 0.6 is 11.6 Å². The average molecular weight is 314 g/mol. The second-order valence-corrected chi connectivity index (χ2v) is 6.17. The Morgan fingerprint density at radius 2 is 2.05 bits per heavy atom. The number of benzene rings is 1. The Kier molecular flexibility index (Phi) is 6.03. The van der Waals surface area contributed by atoms with Gasteiger partial charge in [-0.2, -0.15) is 0 Å². The molecule has 5 nitrogen and oxygen atoms in total. The van der Waals surface area contributed by atoms with E-state index in [1.807, 2.05) is 0 Å². The van der Waals surface area contributed by atoms with Crippen molar-refractivity contribution in [1.82, 2.24) is 5.32 Å². The van der Waals surface area contributed by atoms with Crippen LogP contribution in [0.5, 0.6) is 0 Å². The van der Waals surface area contributed by atoms with Crippen molar-refractivity contribution in [2.24, 2.45) is 0 Å². The number of nitrogens with one attached hydrogen (secondary N) is 1. The molecule has 0 bridgehead atoms. The second kappa shape index (κ2) is 7.31. The molecule has 0 aromatic heterocycles. The first-order chi connectivity index (χ1) is 9.67. The standard InChI is InChI=1S/C15H20ClNO4/c1-15(2,3)21-14(20)17-9-11(8-13(18)19)10-5-4-6-12(16)7-10/h4-7,11H,8-9H2,1-3H3,(H,17,20)(H,18,19)/t11-/m0/s1. The number of rotatable bonds is 5. The first-order valence-corrected chi connectivity index (χ1v) is 6.99. The maximum Gasteiger partial charge on any atom is 0.407 e. The minimum atomic E-state index is -0.939. The maximum atomic E-state index is 11.6. The number of ether oxygens (including phenoxy) is 1. The van der Waals surface area contributed by atoms with Gasteiger partial charge in [-0.05, 0) is 38.5 Å². The molecule has 0 spiro atoms. The van der Waals surface area contributed by atoms with E-state index in [0.717, 1.165) is 5.56 Å². The second-order valence-electron chi connectivity index (χ2n) is 5.73. The fourth-order valence-electron chi connectivity index (χ4n) is 1.80. The molecule has 0 unspecified atom stereocenters. The molecule has 0 aliphatic heterocycles. The summed E-state index contributed by atoms with van der Waals surface area (Å²) >= 11 is 5.92. The minimum Gasteiger partial charge on any atom is -0.481 e. The summed E-state index contributed by atoms with van der Waals surface area (Å²) in [5.41, 5.74) is 0.170. The van der Waals surface area contributed by atoms with Gasteiger partial charge in [0, 0.05) is 17.5 Å². The number of aliphatic carboxylic acids is 1. The molecule has 116 valence electrons. The summed E-state index contributed by atoms with van der Waals surface area (Å²) in [6, 6.07) is 6.95. The molecule has 0 radical (unpaired) electrons. The zero-order chi connectivity index (χ0) is 16.0. The highest BCUT2D eigenvalue weighted by molar-refractivity contribution is 6.30. The molecule has 6 heteroatoms. The van der Waals surface area contributed by atoms with Crippen molar-refractivity contribution >= 4 is 23.7 Å². The van der Waals surface area contributed by atoms with E-state index in [4.69, 9.17) is 21.4 Å². The molecular weight excluding hydrogens is 294 g/mol. The van der Waals surface area contributed by atoms with Crippen LogP contribution in [0.1, 0.15) is 38.7 Å². The lowest BCUT2D eigenvalue weighted by Crippen LogP contribution is -2.35. The Morgan fingerprint density at radius 1 is 1.38 bits per heavy atom. The van der Waals surface area contributed by atoms with Gasteiger partial charge >= 0.3 is 12.1 Å². The summed E-state index contributed by atoms with van der Waals surface area (Å²) in [6.07, 6.45) is -0.671. The number of alkyl carbamates (subject to hydrolysis) is 1. The van der Waals surface area contributed by atoms with Gasteiger partial charge in [0.25, 0.3) is 0 Å². The molecule has 0 heterocycles. The summed E-state index contributed by atoms with van der Waals surface area (Å²) < 4.78 is 5.13. The normalized spacial score (nSPS) is 12.6. The van der Waals surface area contributed by atoms with Crippen LogP contribution < -0.4 is 5.32 Å². The number of hydrogen-bond acceptors (Lipinski definition) is 3. The van der Waals surface area contributed by atoms with E-state index < -0.39 is 17.7 Å². The fourth-order valence-corrected chi connectivity index (χ4v) is 2.00. The molecule has 0 aliphatic rings. The van der Waals surface area contributed by atoms with Crippen molar-refractivity contribution in [2.45, 2.75) is 38.7 Å². The summed E-state index contributed by atoms with van der Waals surface area (Å²) in [7, 11) is 0. The van der Waals surface area contributed by atoms with Gasteiger partial charge in [0.05, 0.1) is 6.42 Å². The van der Waals surface area contributed by atoms with Gasteiger partial charge in [-0.15, -0.1) is 0 Å². The molecule has 0 aliphatic carbocycles. The zero-order valence-corrected chi connectivity index (χ0v) is 13.1. The molecular formula is C15H20ClNO4. The summed E-state index contributed by atoms with van der Waals surface area (Å²) in [6.45, 7) is 5.45. The van der Waals surface area contributed by atoms with Gasteiger partial charge in [-0.3, -0.25) is 4.79 Å². The smallest absolute Gasteiger partial charge is 0.407 e. The van der Waals surface area contributed by atoms with E-state index in [2.05, 4.69) is 5.32 Å². The number of carbonyl (C=O) groups is 2. The van der Waals surface area contributed by atoms with Crippen LogP contribution in [0.4, 0.5) is 4.79 Å². The number of carboxylic acid groups (broad SMARTS) is 1. The van der Waals surface area contributed by atoms with Gasteiger partial charge in [0.15, 0.2) is 0 Å². The summed E-state index contributed by atoms with van der Waals surface area (Å²) in [5, 5.41) is 12.1. The largest absolute Gasteiger partial charge is 0.481 e. The van der Waals surface area contributed by atoms with Crippen molar-refractivity contribution in [2.75, 3.05) is 6.54 Å². The zero-order valence-electron chi connectivity index (χ0n) is 12.4. The van der Waals surface area contributed by atoms with Crippen molar-refractivity contribution in [1.29, 1.82) is 0 Å². The highest BCUT2D eigenvalue weighted by Crippen LogP contribution is 2.22. The highest BCUT2D eigenvalue weighted by Gasteiger charge is 2.20. The maximum absolute atomic E-state index is 11.6. The van der Waals surface area contributed by atoms with E-state index in [1.54, 1.807) is 45.0 Å². The highest BCUT2D eigenvalue weighted by atomic mass is 35.5. The van der Waals surface area contributed by atoms with Crippen molar-refractivity contribution in [3.05, 3.63) is 34.9 Å². The first kappa shape index (κ1) is 17.3. The van der Waals surface area contributed by atoms with Gasteiger partial charge < -0.3 is 15.2 Å². The van der Waals surface area contributed by atoms with E-state index in [0.29, 0.717) is 5.02 Å². The number of hydrogen-bond donors (Lipinski definition) is 2. The SMILES string of the molecule is CC(C)(C)OC(=O)NC[C@H](CC(=O)O)c1cccc(Cl)c1. The quantitative estimate of drug-likeness (QED) is 0.873.